The third kappa shape index (κ3) is 2.19. The van der Waals surface area contributed by atoms with E-state index in [4.69, 9.17) is 0 Å². The Balaban J connectivity index is 2.13. The summed E-state index contributed by atoms with van der Waals surface area (Å²) in [6, 6.07) is 17.8. The standard InChI is InChI=1S/C18H17NO/c1-13-5-3-7-15(11-13)18(2,20)16-9-8-14-6-4-10-19-17(14)12-16/h3-12,20H,1-2H3. The summed E-state index contributed by atoms with van der Waals surface area (Å²) in [7, 11) is 0. The second-order valence-electron chi connectivity index (χ2n) is 5.35. The van der Waals surface area contributed by atoms with Crippen molar-refractivity contribution in [3.05, 3.63) is 77.5 Å². The van der Waals surface area contributed by atoms with Crippen LogP contribution in [0.1, 0.15) is 23.6 Å². The Kier molecular flexibility index (Phi) is 3.03. The fraction of sp³-hybridized carbons (Fsp3) is 0.167. The smallest absolute Gasteiger partial charge is 0.112 e. The van der Waals surface area contributed by atoms with E-state index < -0.39 is 5.60 Å². The molecule has 2 aromatic carbocycles. The average molecular weight is 263 g/mol. The van der Waals surface area contributed by atoms with Gasteiger partial charge in [-0.05, 0) is 37.1 Å². The van der Waals surface area contributed by atoms with Gasteiger partial charge in [0, 0.05) is 11.6 Å². The van der Waals surface area contributed by atoms with Gasteiger partial charge in [0.25, 0.3) is 0 Å². The van der Waals surface area contributed by atoms with Crippen molar-refractivity contribution < 1.29 is 5.11 Å². The topological polar surface area (TPSA) is 33.1 Å². The SMILES string of the molecule is Cc1cccc(C(C)(O)c2ccc3cccnc3c2)c1. The number of aryl methyl sites for hydroxylation is 1. The van der Waals surface area contributed by atoms with Gasteiger partial charge in [0.1, 0.15) is 5.60 Å². The molecule has 1 unspecified atom stereocenters. The van der Waals surface area contributed by atoms with E-state index in [0.29, 0.717) is 0 Å². The highest BCUT2D eigenvalue weighted by atomic mass is 16.3. The lowest BCUT2D eigenvalue weighted by atomic mass is 9.87. The Morgan fingerprint density at radius 3 is 2.55 bits per heavy atom. The maximum atomic E-state index is 10.9. The molecule has 0 aliphatic rings. The summed E-state index contributed by atoms with van der Waals surface area (Å²) in [5.41, 5.74) is 2.78. The van der Waals surface area contributed by atoms with E-state index in [9.17, 15) is 5.11 Å². The van der Waals surface area contributed by atoms with Gasteiger partial charge in [-0.15, -0.1) is 0 Å². The molecule has 2 nitrogen and oxygen atoms in total. The minimum atomic E-state index is -1.02. The van der Waals surface area contributed by atoms with Crippen LogP contribution < -0.4 is 0 Å². The Hall–Kier alpha value is -2.19. The van der Waals surface area contributed by atoms with Gasteiger partial charge in [0.15, 0.2) is 0 Å². The number of aliphatic hydroxyl groups is 1. The van der Waals surface area contributed by atoms with Crippen LogP contribution in [0.25, 0.3) is 10.9 Å². The van der Waals surface area contributed by atoms with Gasteiger partial charge in [-0.1, -0.05) is 48.0 Å². The maximum Gasteiger partial charge on any atom is 0.112 e. The lowest BCUT2D eigenvalue weighted by molar-refractivity contribution is 0.102. The molecule has 0 bridgehead atoms. The Bertz CT molecular complexity index is 762. The lowest BCUT2D eigenvalue weighted by Gasteiger charge is -2.25. The minimum Gasteiger partial charge on any atom is -0.381 e. The minimum absolute atomic E-state index is 0.856. The zero-order chi connectivity index (χ0) is 14.2. The lowest BCUT2D eigenvalue weighted by Crippen LogP contribution is -2.22. The van der Waals surface area contributed by atoms with E-state index in [1.165, 1.54) is 0 Å². The summed E-state index contributed by atoms with van der Waals surface area (Å²) in [4.78, 5) is 4.36. The number of fused-ring (bicyclic) bond motifs is 1. The third-order valence-corrected chi connectivity index (χ3v) is 3.75. The van der Waals surface area contributed by atoms with Crippen molar-refractivity contribution in [3.63, 3.8) is 0 Å². The molecule has 3 aromatic rings. The molecule has 0 radical (unpaired) electrons. The van der Waals surface area contributed by atoms with Crippen LogP contribution in [-0.2, 0) is 5.60 Å². The van der Waals surface area contributed by atoms with Crippen molar-refractivity contribution >= 4 is 10.9 Å². The number of benzene rings is 2. The van der Waals surface area contributed by atoms with E-state index >= 15 is 0 Å². The van der Waals surface area contributed by atoms with Crippen LogP contribution in [0, 0.1) is 6.92 Å². The first-order valence-electron chi connectivity index (χ1n) is 6.72. The summed E-state index contributed by atoms with van der Waals surface area (Å²) < 4.78 is 0. The third-order valence-electron chi connectivity index (χ3n) is 3.75. The normalized spacial score (nSPS) is 14.2. The molecular formula is C18H17NO. The average Bonchev–Trinajstić information content (AvgIpc) is 2.46. The first kappa shape index (κ1) is 12.8. The predicted molar refractivity (Wildman–Crippen MR) is 81.6 cm³/mol. The molecule has 1 heterocycles. The van der Waals surface area contributed by atoms with Crippen molar-refractivity contribution in [1.82, 2.24) is 4.98 Å². The van der Waals surface area contributed by atoms with Crippen molar-refractivity contribution in [2.75, 3.05) is 0 Å². The van der Waals surface area contributed by atoms with E-state index in [-0.39, 0.29) is 0 Å². The molecule has 0 saturated heterocycles. The second-order valence-corrected chi connectivity index (χ2v) is 5.35. The highest BCUT2D eigenvalue weighted by Crippen LogP contribution is 2.31. The number of hydrogen-bond acceptors (Lipinski definition) is 2. The van der Waals surface area contributed by atoms with Gasteiger partial charge in [-0.2, -0.15) is 0 Å². The quantitative estimate of drug-likeness (QED) is 0.763. The highest BCUT2D eigenvalue weighted by molar-refractivity contribution is 5.79. The van der Waals surface area contributed by atoms with Gasteiger partial charge in [0.05, 0.1) is 5.52 Å². The summed E-state index contributed by atoms with van der Waals surface area (Å²) in [5, 5.41) is 12.0. The summed E-state index contributed by atoms with van der Waals surface area (Å²) >= 11 is 0. The van der Waals surface area contributed by atoms with Crippen LogP contribution in [0.2, 0.25) is 0 Å². The van der Waals surface area contributed by atoms with Crippen LogP contribution in [-0.4, -0.2) is 10.1 Å². The predicted octanol–water partition coefficient (Wildman–Crippen LogP) is 3.80. The van der Waals surface area contributed by atoms with Crippen LogP contribution in [0.3, 0.4) is 0 Å². The summed E-state index contributed by atoms with van der Waals surface area (Å²) in [6.45, 7) is 3.85. The monoisotopic (exact) mass is 263 g/mol. The fourth-order valence-corrected chi connectivity index (χ4v) is 2.48. The van der Waals surface area contributed by atoms with Gasteiger partial charge in [-0.25, -0.2) is 0 Å². The molecule has 0 saturated carbocycles. The second kappa shape index (κ2) is 4.73. The Morgan fingerprint density at radius 2 is 1.75 bits per heavy atom. The zero-order valence-electron chi connectivity index (χ0n) is 11.7. The molecule has 0 spiro atoms. The van der Waals surface area contributed by atoms with Crippen molar-refractivity contribution in [3.8, 4) is 0 Å². The fourth-order valence-electron chi connectivity index (χ4n) is 2.48. The van der Waals surface area contributed by atoms with Gasteiger partial charge >= 0.3 is 0 Å². The van der Waals surface area contributed by atoms with Crippen LogP contribution in [0.4, 0.5) is 0 Å². The number of nitrogens with zero attached hydrogens (tertiary/aromatic N) is 1. The summed E-state index contributed by atoms with van der Waals surface area (Å²) in [5.74, 6) is 0. The molecule has 2 heteroatoms. The molecule has 0 fully saturated rings. The van der Waals surface area contributed by atoms with Gasteiger partial charge in [0.2, 0.25) is 0 Å². The molecule has 20 heavy (non-hydrogen) atoms. The van der Waals surface area contributed by atoms with Crippen molar-refractivity contribution in [1.29, 1.82) is 0 Å². The van der Waals surface area contributed by atoms with Gasteiger partial charge < -0.3 is 5.11 Å². The molecule has 100 valence electrons. The van der Waals surface area contributed by atoms with Crippen LogP contribution >= 0.6 is 0 Å². The molecule has 0 aliphatic carbocycles. The van der Waals surface area contributed by atoms with Crippen LogP contribution in [0.5, 0.6) is 0 Å². The first-order valence-corrected chi connectivity index (χ1v) is 6.72. The zero-order valence-corrected chi connectivity index (χ0v) is 11.7. The van der Waals surface area contributed by atoms with Crippen molar-refractivity contribution in [2.45, 2.75) is 19.4 Å². The van der Waals surface area contributed by atoms with E-state index in [1.54, 1.807) is 6.20 Å². The van der Waals surface area contributed by atoms with Gasteiger partial charge in [-0.3, -0.25) is 4.98 Å². The number of pyridine rings is 1. The van der Waals surface area contributed by atoms with E-state index in [2.05, 4.69) is 4.98 Å². The largest absolute Gasteiger partial charge is 0.381 e. The summed E-state index contributed by atoms with van der Waals surface area (Å²) in [6.07, 6.45) is 1.77. The Labute approximate surface area is 118 Å². The highest BCUT2D eigenvalue weighted by Gasteiger charge is 2.25. The molecule has 0 amide bonds. The maximum absolute atomic E-state index is 10.9. The number of aromatic nitrogens is 1. The molecule has 1 aromatic heterocycles. The van der Waals surface area contributed by atoms with E-state index in [1.807, 2.05) is 68.4 Å². The Morgan fingerprint density at radius 1 is 0.950 bits per heavy atom. The molecule has 1 atom stereocenters. The van der Waals surface area contributed by atoms with Crippen molar-refractivity contribution in [2.24, 2.45) is 0 Å². The van der Waals surface area contributed by atoms with Crippen LogP contribution in [0.15, 0.2) is 60.8 Å². The molecule has 0 aliphatic heterocycles. The molecular weight excluding hydrogens is 246 g/mol. The molecule has 3 rings (SSSR count). The molecule has 1 N–H and O–H groups in total. The first-order chi connectivity index (χ1) is 9.57. The van der Waals surface area contributed by atoms with E-state index in [0.717, 1.165) is 27.6 Å². The number of rotatable bonds is 2. The number of hydrogen-bond donors (Lipinski definition) is 1.